The van der Waals surface area contributed by atoms with Gasteiger partial charge in [0.1, 0.15) is 23.9 Å². The Morgan fingerprint density at radius 3 is 2.17 bits per heavy atom. The van der Waals surface area contributed by atoms with Crippen molar-refractivity contribution in [3.8, 4) is 11.5 Å². The molecular weight excluding hydrogens is 591 g/mol. The second-order valence-corrected chi connectivity index (χ2v) is 10.1. The molecule has 9 heteroatoms. The Bertz CT molecular complexity index is 1280. The molecule has 0 aliphatic carbocycles. The summed E-state index contributed by atoms with van der Waals surface area (Å²) in [6.45, 7) is 12.0. The zero-order valence-electron chi connectivity index (χ0n) is 25.0. The molecule has 0 radical (unpaired) electrons. The fourth-order valence-electron chi connectivity index (χ4n) is 4.87. The number of benzene rings is 3. The summed E-state index contributed by atoms with van der Waals surface area (Å²) < 4.78 is 14.4. The van der Waals surface area contributed by atoms with Crippen LogP contribution in [0.25, 0.3) is 11.0 Å². The van der Waals surface area contributed by atoms with Crippen LogP contribution >= 0.6 is 37.2 Å². The molecule has 0 fully saturated rings. The maximum absolute atomic E-state index is 6.78. The molecule has 4 aromatic rings. The molecular formula is C33H47Cl3N4O2. The number of nitrogens with zero attached hydrogens (tertiary/aromatic N) is 3. The highest BCUT2D eigenvalue weighted by molar-refractivity contribution is 5.86. The number of nitrogens with two attached hydrogens (primary N) is 1. The Kier molecular flexibility index (Phi) is 17.6. The SMILES string of the molecule is CCCCn1c(C(N)Cc2ccc(OCc3ccccc3)cc2)nc2ccc(OCCCN(CC)CC)cc21.Cl.Cl.Cl. The van der Waals surface area contributed by atoms with Crippen LogP contribution in [0.1, 0.15) is 63.0 Å². The van der Waals surface area contributed by atoms with E-state index in [1.54, 1.807) is 0 Å². The van der Waals surface area contributed by atoms with Crippen molar-refractivity contribution >= 4 is 48.3 Å². The van der Waals surface area contributed by atoms with Gasteiger partial charge in [0, 0.05) is 19.2 Å². The first-order valence-electron chi connectivity index (χ1n) is 14.5. The van der Waals surface area contributed by atoms with Crippen molar-refractivity contribution in [2.45, 2.75) is 65.6 Å². The lowest BCUT2D eigenvalue weighted by molar-refractivity contribution is 0.249. The lowest BCUT2D eigenvalue weighted by atomic mass is 10.1. The van der Waals surface area contributed by atoms with E-state index < -0.39 is 0 Å². The molecule has 0 saturated heterocycles. The lowest BCUT2D eigenvalue weighted by Gasteiger charge is -2.17. The van der Waals surface area contributed by atoms with E-state index >= 15 is 0 Å². The van der Waals surface area contributed by atoms with Crippen molar-refractivity contribution in [2.24, 2.45) is 5.73 Å². The molecule has 3 aromatic carbocycles. The molecule has 42 heavy (non-hydrogen) atoms. The van der Waals surface area contributed by atoms with Crippen molar-refractivity contribution in [1.29, 1.82) is 0 Å². The average molecular weight is 638 g/mol. The van der Waals surface area contributed by atoms with E-state index in [1.165, 1.54) is 5.56 Å². The minimum absolute atomic E-state index is 0. The maximum atomic E-state index is 6.78. The van der Waals surface area contributed by atoms with Crippen molar-refractivity contribution in [1.82, 2.24) is 14.5 Å². The van der Waals surface area contributed by atoms with Gasteiger partial charge >= 0.3 is 0 Å². The molecule has 6 nitrogen and oxygen atoms in total. The van der Waals surface area contributed by atoms with E-state index in [9.17, 15) is 0 Å². The zero-order valence-corrected chi connectivity index (χ0v) is 27.5. The number of rotatable bonds is 16. The number of hydrogen-bond acceptors (Lipinski definition) is 5. The van der Waals surface area contributed by atoms with Crippen LogP contribution in [0.2, 0.25) is 0 Å². The molecule has 0 spiro atoms. The monoisotopic (exact) mass is 636 g/mol. The number of aromatic nitrogens is 2. The summed E-state index contributed by atoms with van der Waals surface area (Å²) in [5, 5.41) is 0. The topological polar surface area (TPSA) is 65.5 Å². The van der Waals surface area contributed by atoms with Gasteiger partial charge in [0.05, 0.1) is 23.7 Å². The summed E-state index contributed by atoms with van der Waals surface area (Å²) in [6.07, 6.45) is 3.91. The Morgan fingerprint density at radius 2 is 1.50 bits per heavy atom. The van der Waals surface area contributed by atoms with E-state index in [0.29, 0.717) is 19.6 Å². The number of imidazole rings is 1. The second-order valence-electron chi connectivity index (χ2n) is 10.1. The molecule has 1 unspecified atom stereocenters. The normalized spacial score (nSPS) is 11.4. The molecule has 0 bridgehead atoms. The van der Waals surface area contributed by atoms with Gasteiger partial charge in [-0.05, 0) is 67.7 Å². The van der Waals surface area contributed by atoms with Crippen molar-refractivity contribution in [2.75, 3.05) is 26.2 Å². The molecule has 2 N–H and O–H groups in total. The number of aryl methyl sites for hydroxylation is 1. The number of halogens is 3. The largest absolute Gasteiger partial charge is 0.493 e. The van der Waals surface area contributed by atoms with Gasteiger partial charge in [-0.2, -0.15) is 0 Å². The summed E-state index contributed by atoms with van der Waals surface area (Å²) in [5.74, 6) is 2.68. The van der Waals surface area contributed by atoms with E-state index in [2.05, 4.69) is 66.6 Å². The van der Waals surface area contributed by atoms with Gasteiger partial charge < -0.3 is 24.7 Å². The third-order valence-electron chi connectivity index (χ3n) is 7.23. The van der Waals surface area contributed by atoms with Gasteiger partial charge in [-0.1, -0.05) is 69.7 Å². The van der Waals surface area contributed by atoms with Crippen LogP contribution in [-0.2, 0) is 19.6 Å². The van der Waals surface area contributed by atoms with Crippen LogP contribution in [-0.4, -0.2) is 40.7 Å². The highest BCUT2D eigenvalue weighted by Crippen LogP contribution is 2.27. The first-order valence-corrected chi connectivity index (χ1v) is 14.5. The number of ether oxygens (including phenoxy) is 2. The Labute approximate surface area is 270 Å². The molecule has 0 aliphatic heterocycles. The van der Waals surface area contributed by atoms with E-state index in [0.717, 1.165) is 79.4 Å². The van der Waals surface area contributed by atoms with Gasteiger partial charge in [-0.3, -0.25) is 0 Å². The highest BCUT2D eigenvalue weighted by atomic mass is 35.5. The van der Waals surface area contributed by atoms with Gasteiger partial charge in [-0.25, -0.2) is 4.98 Å². The fraction of sp³-hybridized carbons (Fsp3) is 0.424. The van der Waals surface area contributed by atoms with Crippen LogP contribution < -0.4 is 15.2 Å². The number of unbranched alkanes of at least 4 members (excludes halogenated alkanes) is 1. The van der Waals surface area contributed by atoms with Crippen molar-refractivity contribution in [3.05, 3.63) is 89.7 Å². The zero-order chi connectivity index (χ0) is 27.5. The predicted molar refractivity (Wildman–Crippen MR) is 182 cm³/mol. The van der Waals surface area contributed by atoms with E-state index in [1.807, 2.05) is 36.4 Å². The van der Waals surface area contributed by atoms with Crippen LogP contribution in [0.15, 0.2) is 72.8 Å². The van der Waals surface area contributed by atoms with Gasteiger partial charge in [0.15, 0.2) is 0 Å². The van der Waals surface area contributed by atoms with Crippen LogP contribution in [0.5, 0.6) is 11.5 Å². The lowest BCUT2D eigenvalue weighted by Crippen LogP contribution is -2.25. The molecule has 0 saturated carbocycles. The third kappa shape index (κ3) is 10.7. The Balaban J connectivity index is 0.00000294. The summed E-state index contributed by atoms with van der Waals surface area (Å²) in [4.78, 5) is 7.40. The Morgan fingerprint density at radius 1 is 0.810 bits per heavy atom. The second kappa shape index (κ2) is 19.7. The molecule has 1 aromatic heterocycles. The van der Waals surface area contributed by atoms with Gasteiger partial charge in [0.2, 0.25) is 0 Å². The maximum Gasteiger partial charge on any atom is 0.127 e. The average Bonchev–Trinajstić information content (AvgIpc) is 3.34. The smallest absolute Gasteiger partial charge is 0.127 e. The minimum Gasteiger partial charge on any atom is -0.493 e. The molecule has 0 aliphatic rings. The van der Waals surface area contributed by atoms with Crippen LogP contribution in [0.3, 0.4) is 0 Å². The molecule has 1 atom stereocenters. The molecule has 232 valence electrons. The summed E-state index contributed by atoms with van der Waals surface area (Å²) in [6, 6.07) is 24.5. The van der Waals surface area contributed by atoms with Gasteiger partial charge in [-0.15, -0.1) is 37.2 Å². The highest BCUT2D eigenvalue weighted by Gasteiger charge is 2.18. The summed E-state index contributed by atoms with van der Waals surface area (Å²) in [5.41, 5.74) is 11.2. The molecule has 1 heterocycles. The van der Waals surface area contributed by atoms with Crippen LogP contribution in [0.4, 0.5) is 0 Å². The quantitative estimate of drug-likeness (QED) is 0.126. The van der Waals surface area contributed by atoms with Crippen LogP contribution in [0, 0.1) is 0 Å². The third-order valence-corrected chi connectivity index (χ3v) is 7.23. The fourth-order valence-corrected chi connectivity index (χ4v) is 4.87. The van der Waals surface area contributed by atoms with Gasteiger partial charge in [0.25, 0.3) is 0 Å². The summed E-state index contributed by atoms with van der Waals surface area (Å²) >= 11 is 0. The predicted octanol–water partition coefficient (Wildman–Crippen LogP) is 8.03. The van der Waals surface area contributed by atoms with Crippen molar-refractivity contribution < 1.29 is 9.47 Å². The standard InChI is InChI=1S/C33H44N4O2.3ClH/c1-4-7-21-37-32-24-29(38-22-11-20-36(5-2)6-3)18-19-31(32)35-33(37)30(34)23-26-14-16-28(17-15-26)39-25-27-12-9-8-10-13-27;;;/h8-10,12-19,24,30H,4-7,11,20-23,25,34H2,1-3H3;3*1H. The van der Waals surface area contributed by atoms with Crippen molar-refractivity contribution in [3.63, 3.8) is 0 Å². The molecule has 0 amide bonds. The molecule has 4 rings (SSSR count). The number of fused-ring (bicyclic) bond motifs is 1. The first-order chi connectivity index (χ1) is 19.1. The number of hydrogen-bond donors (Lipinski definition) is 1. The Hall–Kier alpha value is -2.48. The van der Waals surface area contributed by atoms with E-state index in [4.69, 9.17) is 20.2 Å². The summed E-state index contributed by atoms with van der Waals surface area (Å²) in [7, 11) is 0. The minimum atomic E-state index is -0.205. The first kappa shape index (κ1) is 37.5. The van der Waals surface area contributed by atoms with E-state index in [-0.39, 0.29) is 43.3 Å².